The third-order valence-corrected chi connectivity index (χ3v) is 3.72. The van der Waals surface area contributed by atoms with E-state index in [1.165, 1.54) is 0 Å². The fraction of sp³-hybridized carbons (Fsp3) is 0.647. The van der Waals surface area contributed by atoms with Gasteiger partial charge >= 0.3 is 5.97 Å². The second-order valence-corrected chi connectivity index (χ2v) is 7.19. The van der Waals surface area contributed by atoms with Crippen molar-refractivity contribution in [1.29, 1.82) is 0 Å². The first-order chi connectivity index (χ1) is 11.8. The highest BCUT2D eigenvalue weighted by Gasteiger charge is 2.06. The zero-order chi connectivity index (χ0) is 21.3. The number of hydrogen-bond donors (Lipinski definition) is 2. The molecule has 26 heavy (non-hydrogen) atoms. The molecule has 0 saturated carbocycles. The molecular formula is C17H34N2O6S. The average molecular weight is 395 g/mol. The molecule has 0 aromatic heterocycles. The quantitative estimate of drug-likeness (QED) is 0.346. The highest BCUT2D eigenvalue weighted by atomic mass is 32.2. The van der Waals surface area contributed by atoms with Crippen LogP contribution in [0.3, 0.4) is 0 Å². The monoisotopic (exact) mass is 394 g/mol. The number of carbonyl (C=O) groups is 2. The number of nitrogens with two attached hydrogens (primary N) is 1. The van der Waals surface area contributed by atoms with Crippen LogP contribution in [0, 0.1) is 5.92 Å². The molecule has 9 heteroatoms. The molecule has 0 spiro atoms. The van der Waals surface area contributed by atoms with Crippen molar-refractivity contribution in [2.24, 2.45) is 11.7 Å². The van der Waals surface area contributed by atoms with Gasteiger partial charge in [-0.25, -0.2) is 4.79 Å². The fourth-order valence-corrected chi connectivity index (χ4v) is 2.19. The third-order valence-electron chi connectivity index (χ3n) is 2.63. The van der Waals surface area contributed by atoms with E-state index in [4.69, 9.17) is 9.29 Å². The number of amides is 1. The predicted molar refractivity (Wildman–Crippen MR) is 104 cm³/mol. The molecular weight excluding hydrogens is 360 g/mol. The molecule has 0 aromatic carbocycles. The van der Waals surface area contributed by atoms with Gasteiger partial charge in [-0.3, -0.25) is 9.35 Å². The fourth-order valence-electron chi connectivity index (χ4n) is 1.35. The van der Waals surface area contributed by atoms with Crippen LogP contribution >= 0.6 is 0 Å². The minimum absolute atomic E-state index is 0.00463. The molecule has 1 amide bonds. The Kier molecular flexibility index (Phi) is 18.7. The van der Waals surface area contributed by atoms with E-state index in [-0.39, 0.29) is 17.6 Å². The van der Waals surface area contributed by atoms with Gasteiger partial charge in [0.15, 0.2) is 0 Å². The van der Waals surface area contributed by atoms with Crippen molar-refractivity contribution in [3.05, 3.63) is 24.8 Å². The number of nitrogens with zero attached hydrogens (tertiary/aromatic N) is 1. The van der Waals surface area contributed by atoms with Crippen molar-refractivity contribution in [3.8, 4) is 0 Å². The van der Waals surface area contributed by atoms with Crippen LogP contribution in [0.15, 0.2) is 24.8 Å². The number of hydrogen-bond acceptors (Lipinski definition) is 6. The first-order valence-electron chi connectivity index (χ1n) is 8.22. The smallest absolute Gasteiger partial charge is 0.333 e. The number of primary amides is 1. The van der Waals surface area contributed by atoms with Gasteiger partial charge in [-0.05, 0) is 32.0 Å². The van der Waals surface area contributed by atoms with Gasteiger partial charge in [-0.2, -0.15) is 8.42 Å². The van der Waals surface area contributed by atoms with Crippen molar-refractivity contribution >= 4 is 22.0 Å². The van der Waals surface area contributed by atoms with E-state index < -0.39 is 16.0 Å². The Morgan fingerprint density at radius 3 is 1.88 bits per heavy atom. The van der Waals surface area contributed by atoms with Crippen molar-refractivity contribution in [2.45, 2.75) is 34.6 Å². The second-order valence-electron chi connectivity index (χ2n) is 5.69. The molecule has 3 N–H and O–H groups in total. The SMILES string of the molecule is C=C(C)C(=O)OCCN(CC)CC.C=CC(N)=O.CC(C)CS(=O)(=O)O. The normalized spacial score (nSPS) is 10.2. The van der Waals surface area contributed by atoms with Gasteiger partial charge in [-0.15, -0.1) is 0 Å². The van der Waals surface area contributed by atoms with Gasteiger partial charge in [0, 0.05) is 12.1 Å². The standard InChI is InChI=1S/C10H19NO2.C4H10O3S.C3H5NO/c1-5-11(6-2)7-8-13-10(12)9(3)4;1-4(2)3-8(5,6)7;1-2-3(4)5/h3,5-8H2,1-2,4H3;4H,3H2,1-2H3,(H,5,6,7);2H,1H2,(H2,4,5). The van der Waals surface area contributed by atoms with Crippen LogP contribution < -0.4 is 5.73 Å². The summed E-state index contributed by atoms with van der Waals surface area (Å²) in [4.78, 5) is 22.6. The number of rotatable bonds is 9. The van der Waals surface area contributed by atoms with Gasteiger partial charge in [0.2, 0.25) is 5.91 Å². The molecule has 0 rings (SSSR count). The zero-order valence-corrected chi connectivity index (χ0v) is 17.3. The maximum atomic E-state index is 11.0. The lowest BCUT2D eigenvalue weighted by Crippen LogP contribution is -2.27. The Bertz CT molecular complexity index is 525. The van der Waals surface area contributed by atoms with Crippen LogP contribution in [0.4, 0.5) is 0 Å². The maximum Gasteiger partial charge on any atom is 0.333 e. The third kappa shape index (κ3) is 27.2. The largest absolute Gasteiger partial charge is 0.461 e. The lowest BCUT2D eigenvalue weighted by molar-refractivity contribution is -0.139. The Balaban J connectivity index is -0.000000346. The summed E-state index contributed by atoms with van der Waals surface area (Å²) in [5, 5.41) is 0. The molecule has 0 aliphatic heterocycles. The van der Waals surface area contributed by atoms with E-state index in [1.54, 1.807) is 20.8 Å². The van der Waals surface area contributed by atoms with E-state index in [0.717, 1.165) is 25.7 Å². The summed E-state index contributed by atoms with van der Waals surface area (Å²) in [6.07, 6.45) is 1.06. The van der Waals surface area contributed by atoms with Crippen molar-refractivity contribution in [3.63, 3.8) is 0 Å². The average Bonchev–Trinajstić information content (AvgIpc) is 2.50. The summed E-state index contributed by atoms with van der Waals surface area (Å²) in [5.41, 5.74) is 4.99. The Hall–Kier alpha value is -1.71. The summed E-state index contributed by atoms with van der Waals surface area (Å²) in [6.45, 7) is 19.1. The Morgan fingerprint density at radius 2 is 1.69 bits per heavy atom. The first kappa shape index (κ1) is 29.1. The summed E-state index contributed by atoms with van der Waals surface area (Å²) in [5.74, 6) is -0.922. The van der Waals surface area contributed by atoms with Crippen molar-refractivity contribution < 1.29 is 27.3 Å². The molecule has 0 aromatic rings. The molecule has 0 radical (unpaired) electrons. The van der Waals surface area contributed by atoms with E-state index in [9.17, 15) is 18.0 Å². The summed E-state index contributed by atoms with van der Waals surface area (Å²) in [6, 6.07) is 0. The van der Waals surface area contributed by atoms with Crippen LogP contribution in [0.1, 0.15) is 34.6 Å². The lowest BCUT2D eigenvalue weighted by Gasteiger charge is -2.17. The maximum absolute atomic E-state index is 11.0. The molecule has 0 fully saturated rings. The van der Waals surface area contributed by atoms with Crippen molar-refractivity contribution in [2.75, 3.05) is 32.0 Å². The molecule has 154 valence electrons. The van der Waals surface area contributed by atoms with E-state index in [0.29, 0.717) is 12.2 Å². The lowest BCUT2D eigenvalue weighted by atomic mass is 10.3. The van der Waals surface area contributed by atoms with Gasteiger partial charge in [0.25, 0.3) is 10.1 Å². The van der Waals surface area contributed by atoms with Gasteiger partial charge in [-0.1, -0.05) is 40.9 Å². The first-order valence-corrected chi connectivity index (χ1v) is 9.83. The van der Waals surface area contributed by atoms with Crippen molar-refractivity contribution in [1.82, 2.24) is 4.90 Å². The molecule has 0 unspecified atom stereocenters. The van der Waals surface area contributed by atoms with Crippen LogP contribution in [-0.2, 0) is 24.4 Å². The van der Waals surface area contributed by atoms with Gasteiger partial charge < -0.3 is 15.4 Å². The molecule has 0 heterocycles. The highest BCUT2D eigenvalue weighted by Crippen LogP contribution is 1.95. The minimum Gasteiger partial charge on any atom is -0.461 e. The Morgan fingerprint density at radius 1 is 1.27 bits per heavy atom. The summed E-state index contributed by atoms with van der Waals surface area (Å²) >= 11 is 0. The van der Waals surface area contributed by atoms with E-state index >= 15 is 0 Å². The van der Waals surface area contributed by atoms with Crippen LogP contribution in [-0.4, -0.2) is 61.7 Å². The zero-order valence-electron chi connectivity index (χ0n) is 16.5. The van der Waals surface area contributed by atoms with Gasteiger partial charge in [0.1, 0.15) is 6.61 Å². The number of esters is 1. The van der Waals surface area contributed by atoms with Crippen LogP contribution in [0.25, 0.3) is 0 Å². The van der Waals surface area contributed by atoms with Gasteiger partial charge in [0.05, 0.1) is 5.75 Å². The molecule has 0 aliphatic carbocycles. The highest BCUT2D eigenvalue weighted by molar-refractivity contribution is 7.85. The number of ether oxygens (including phenoxy) is 1. The molecule has 0 bridgehead atoms. The molecule has 0 aliphatic rings. The predicted octanol–water partition coefficient (Wildman–Crippen LogP) is 1.64. The minimum atomic E-state index is -3.72. The topological polar surface area (TPSA) is 127 Å². The molecule has 0 atom stereocenters. The number of likely N-dealkylation sites (N-methyl/N-ethyl adjacent to an activating group) is 1. The van der Waals surface area contributed by atoms with Crippen LogP contribution in [0.2, 0.25) is 0 Å². The summed E-state index contributed by atoms with van der Waals surface area (Å²) in [7, 11) is -3.72. The Labute approximate surface area is 157 Å². The molecule has 8 nitrogen and oxygen atoms in total. The second kappa shape index (κ2) is 16.7. The van der Waals surface area contributed by atoms with E-state index in [2.05, 4.69) is 37.6 Å². The molecule has 0 saturated heterocycles. The number of carbonyl (C=O) groups excluding carboxylic acids is 2. The summed E-state index contributed by atoms with van der Waals surface area (Å²) < 4.78 is 33.1. The van der Waals surface area contributed by atoms with Crippen LogP contribution in [0.5, 0.6) is 0 Å². The van der Waals surface area contributed by atoms with E-state index in [1.807, 2.05) is 0 Å².